The number of amides is 1. The number of aromatic nitrogens is 2. The zero-order chi connectivity index (χ0) is 22.0. The molecule has 4 rings (SSSR count). The first-order valence-corrected chi connectivity index (χ1v) is 10.3. The molecule has 1 saturated heterocycles. The summed E-state index contributed by atoms with van der Waals surface area (Å²) < 4.78 is 10.6. The number of nitrogens with one attached hydrogen (secondary N) is 2. The molecule has 0 spiro atoms. The molecule has 1 amide bonds. The molecule has 1 aromatic heterocycles. The molecule has 0 aliphatic carbocycles. The van der Waals surface area contributed by atoms with E-state index in [-0.39, 0.29) is 17.4 Å². The fourth-order valence-corrected chi connectivity index (χ4v) is 4.05. The number of carbonyl (C=O) groups excluding carboxylic acids is 1. The van der Waals surface area contributed by atoms with Crippen LogP contribution >= 0.6 is 11.6 Å². The van der Waals surface area contributed by atoms with Crippen LogP contribution in [0.15, 0.2) is 41.2 Å². The molecular weight excluding hydrogens is 420 g/mol. The monoisotopic (exact) mass is 442 g/mol. The molecular formula is C22H23ClN4O4. The van der Waals surface area contributed by atoms with Crippen molar-refractivity contribution in [1.29, 1.82) is 0 Å². The predicted octanol–water partition coefficient (Wildman–Crippen LogP) is 3.45. The number of rotatable bonds is 5. The molecule has 31 heavy (non-hydrogen) atoms. The molecule has 8 nitrogen and oxygen atoms in total. The van der Waals surface area contributed by atoms with Crippen molar-refractivity contribution in [2.24, 2.45) is 5.92 Å². The molecule has 0 unspecified atom stereocenters. The van der Waals surface area contributed by atoms with E-state index in [1.807, 2.05) is 29.2 Å². The highest BCUT2D eigenvalue weighted by molar-refractivity contribution is 6.32. The van der Waals surface area contributed by atoms with Gasteiger partial charge in [-0.3, -0.25) is 9.59 Å². The summed E-state index contributed by atoms with van der Waals surface area (Å²) in [5.74, 6) is 0.770. The number of nitrogens with zero attached hydrogens (tertiary/aromatic N) is 2. The first-order valence-electron chi connectivity index (χ1n) is 9.96. The minimum absolute atomic E-state index is 0.165. The van der Waals surface area contributed by atoms with Crippen molar-refractivity contribution in [3.63, 3.8) is 0 Å². The van der Waals surface area contributed by atoms with Crippen LogP contribution in [0.3, 0.4) is 0 Å². The van der Waals surface area contributed by atoms with Crippen LogP contribution in [-0.4, -0.2) is 43.2 Å². The van der Waals surface area contributed by atoms with Gasteiger partial charge < -0.3 is 24.7 Å². The van der Waals surface area contributed by atoms with Crippen LogP contribution in [0.2, 0.25) is 5.02 Å². The minimum Gasteiger partial charge on any atom is -0.495 e. The highest BCUT2D eigenvalue weighted by Gasteiger charge is 2.28. The molecule has 162 valence electrons. The molecule has 2 aromatic carbocycles. The molecule has 2 N–H and O–H groups in total. The molecule has 9 heteroatoms. The predicted molar refractivity (Wildman–Crippen MR) is 120 cm³/mol. The minimum atomic E-state index is -0.313. The summed E-state index contributed by atoms with van der Waals surface area (Å²) in [6, 6.07) is 10.6. The van der Waals surface area contributed by atoms with Crippen LogP contribution in [-0.2, 0) is 4.79 Å². The van der Waals surface area contributed by atoms with Gasteiger partial charge >= 0.3 is 0 Å². The third kappa shape index (κ3) is 4.29. The van der Waals surface area contributed by atoms with Crippen LogP contribution in [0.4, 0.5) is 11.5 Å². The van der Waals surface area contributed by atoms with Crippen LogP contribution in [0.1, 0.15) is 12.8 Å². The summed E-state index contributed by atoms with van der Waals surface area (Å²) in [4.78, 5) is 34.9. The van der Waals surface area contributed by atoms with Gasteiger partial charge in [0.05, 0.1) is 41.9 Å². The second-order valence-corrected chi connectivity index (χ2v) is 7.78. The molecule has 0 bridgehead atoms. The Bertz CT molecular complexity index is 1180. The average Bonchev–Trinajstić information content (AvgIpc) is 2.79. The van der Waals surface area contributed by atoms with Crippen LogP contribution < -0.4 is 25.2 Å². The fraction of sp³-hybridized carbons (Fsp3) is 0.318. The van der Waals surface area contributed by atoms with Gasteiger partial charge in [0.15, 0.2) is 5.82 Å². The fourth-order valence-electron chi connectivity index (χ4n) is 3.81. The summed E-state index contributed by atoms with van der Waals surface area (Å²) in [5.41, 5.74) is 1.60. The van der Waals surface area contributed by atoms with Gasteiger partial charge in [-0.2, -0.15) is 0 Å². The summed E-state index contributed by atoms with van der Waals surface area (Å²) in [7, 11) is 3.02. The first kappa shape index (κ1) is 21.0. The Balaban J connectivity index is 1.54. The lowest BCUT2D eigenvalue weighted by molar-refractivity contribution is -0.120. The highest BCUT2D eigenvalue weighted by Crippen LogP contribution is 2.36. The normalized spacial score (nSPS) is 16.2. The van der Waals surface area contributed by atoms with Crippen LogP contribution in [0.25, 0.3) is 11.0 Å². The average molecular weight is 443 g/mol. The second kappa shape index (κ2) is 8.85. The van der Waals surface area contributed by atoms with E-state index in [1.54, 1.807) is 12.1 Å². The van der Waals surface area contributed by atoms with Gasteiger partial charge in [-0.05, 0) is 31.0 Å². The van der Waals surface area contributed by atoms with E-state index in [1.165, 1.54) is 14.2 Å². The maximum atomic E-state index is 13.0. The summed E-state index contributed by atoms with van der Waals surface area (Å²) in [6.07, 6.45) is 1.48. The quantitative estimate of drug-likeness (QED) is 0.628. The number of anilines is 2. The molecule has 2 heterocycles. The molecule has 1 atom stereocenters. The van der Waals surface area contributed by atoms with Crippen LogP contribution in [0, 0.1) is 5.92 Å². The van der Waals surface area contributed by atoms with Gasteiger partial charge in [0.25, 0.3) is 5.56 Å². The van der Waals surface area contributed by atoms with E-state index in [2.05, 4.69) is 15.3 Å². The molecule has 3 aromatic rings. The Morgan fingerprint density at radius 2 is 2.00 bits per heavy atom. The molecule has 1 aliphatic rings. The lowest BCUT2D eigenvalue weighted by Crippen LogP contribution is -2.43. The number of ether oxygens (including phenoxy) is 2. The van der Waals surface area contributed by atoms with Crippen molar-refractivity contribution in [3.8, 4) is 11.5 Å². The van der Waals surface area contributed by atoms with Crippen molar-refractivity contribution in [2.45, 2.75) is 12.8 Å². The Labute approximate surface area is 184 Å². The van der Waals surface area contributed by atoms with Crippen molar-refractivity contribution in [3.05, 3.63) is 51.8 Å². The number of para-hydroxylation sites is 2. The SMILES string of the molecule is COc1cc(OC)c(NC(=O)[C@@H]2CCCN(c3nc4ccccc4[nH]c3=O)C2)cc1Cl. The standard InChI is InChI=1S/C22H23ClN4O4/c1-30-18-11-19(31-2)17(10-14(18)23)26-21(28)13-6-5-9-27(12-13)20-22(29)25-16-8-4-3-7-15(16)24-20/h3-4,7-8,10-11,13H,5-6,9,12H2,1-2H3,(H,25,29)(H,26,28)/t13-/m1/s1. The number of hydrogen-bond donors (Lipinski definition) is 2. The molecule has 0 radical (unpaired) electrons. The number of fused-ring (bicyclic) bond motifs is 1. The number of carbonyl (C=O) groups is 1. The first-order chi connectivity index (χ1) is 15.0. The number of piperidine rings is 1. The van der Waals surface area contributed by atoms with Crippen molar-refractivity contribution in [2.75, 3.05) is 37.5 Å². The van der Waals surface area contributed by atoms with Crippen molar-refractivity contribution < 1.29 is 14.3 Å². The van der Waals surface area contributed by atoms with Crippen molar-refractivity contribution in [1.82, 2.24) is 9.97 Å². The molecule has 1 aliphatic heterocycles. The molecule has 1 fully saturated rings. The van der Waals surface area contributed by atoms with Gasteiger partial charge in [-0.25, -0.2) is 4.98 Å². The molecule has 0 saturated carbocycles. The second-order valence-electron chi connectivity index (χ2n) is 7.37. The lowest BCUT2D eigenvalue weighted by atomic mass is 9.97. The Morgan fingerprint density at radius 1 is 1.23 bits per heavy atom. The smallest absolute Gasteiger partial charge is 0.291 e. The number of aromatic amines is 1. The van der Waals surface area contributed by atoms with E-state index in [4.69, 9.17) is 21.1 Å². The highest BCUT2D eigenvalue weighted by atomic mass is 35.5. The number of methoxy groups -OCH3 is 2. The van der Waals surface area contributed by atoms with Gasteiger partial charge in [-0.15, -0.1) is 0 Å². The number of H-pyrrole nitrogens is 1. The summed E-state index contributed by atoms with van der Waals surface area (Å²) in [6.45, 7) is 1.06. The van der Waals surface area contributed by atoms with Crippen LogP contribution in [0.5, 0.6) is 11.5 Å². The Morgan fingerprint density at radius 3 is 2.77 bits per heavy atom. The largest absolute Gasteiger partial charge is 0.495 e. The van der Waals surface area contributed by atoms with E-state index >= 15 is 0 Å². The van der Waals surface area contributed by atoms with E-state index < -0.39 is 0 Å². The topological polar surface area (TPSA) is 96.6 Å². The van der Waals surface area contributed by atoms with Gasteiger partial charge in [0.1, 0.15) is 11.5 Å². The maximum Gasteiger partial charge on any atom is 0.291 e. The third-order valence-electron chi connectivity index (χ3n) is 5.41. The number of halogens is 1. The maximum absolute atomic E-state index is 13.0. The number of hydrogen-bond acceptors (Lipinski definition) is 6. The summed E-state index contributed by atoms with van der Waals surface area (Å²) >= 11 is 6.21. The zero-order valence-electron chi connectivity index (χ0n) is 17.3. The van der Waals surface area contributed by atoms with Gasteiger partial charge in [-0.1, -0.05) is 23.7 Å². The van der Waals surface area contributed by atoms with E-state index in [0.29, 0.717) is 58.6 Å². The third-order valence-corrected chi connectivity index (χ3v) is 5.70. The number of benzene rings is 2. The zero-order valence-corrected chi connectivity index (χ0v) is 18.0. The van der Waals surface area contributed by atoms with E-state index in [9.17, 15) is 9.59 Å². The van der Waals surface area contributed by atoms with Gasteiger partial charge in [0.2, 0.25) is 5.91 Å². The van der Waals surface area contributed by atoms with E-state index in [0.717, 1.165) is 6.42 Å². The van der Waals surface area contributed by atoms with Gasteiger partial charge in [0, 0.05) is 19.2 Å². The summed E-state index contributed by atoms with van der Waals surface area (Å²) in [5, 5.41) is 3.27. The van der Waals surface area contributed by atoms with Crippen molar-refractivity contribution >= 4 is 40.0 Å². The lowest BCUT2D eigenvalue weighted by Gasteiger charge is -2.32. The Hall–Kier alpha value is -3.26. The Kier molecular flexibility index (Phi) is 5.99.